The Morgan fingerprint density at radius 3 is 2.04 bits per heavy atom. The third-order valence-corrected chi connectivity index (χ3v) is 11.5. The molecule has 0 spiro atoms. The molecule has 0 aliphatic carbocycles. The van der Waals surface area contributed by atoms with Gasteiger partial charge in [0, 0.05) is 44.0 Å². The second-order valence-corrected chi connectivity index (χ2v) is 14.0. The van der Waals surface area contributed by atoms with Gasteiger partial charge in [-0.1, -0.05) is 103 Å². The van der Waals surface area contributed by atoms with Crippen LogP contribution in [0.4, 0.5) is 0 Å². The Hall–Kier alpha value is -6.33. The second kappa shape index (κ2) is 9.22. The maximum absolute atomic E-state index is 5.80. The normalized spacial score (nSPS) is 13.0. The fraction of sp³-hybridized carbons (Fsp3) is 0.0444. The average Bonchev–Trinajstić information content (AvgIpc) is 3.81. The summed E-state index contributed by atoms with van der Waals surface area (Å²) in [5.74, 6) is 1.04. The monoisotopic (exact) mass is 636 g/mol. The third-order valence-electron chi connectivity index (χ3n) is 11.5. The number of hydrogen-bond acceptors (Lipinski definition) is 1. The highest BCUT2D eigenvalue weighted by atomic mass is 15.1. The maximum atomic E-state index is 5.80. The van der Waals surface area contributed by atoms with Crippen molar-refractivity contribution in [1.82, 2.24) is 18.6 Å². The molecule has 3 aromatic heterocycles. The van der Waals surface area contributed by atoms with Gasteiger partial charge in [-0.05, 0) is 77.9 Å². The second-order valence-electron chi connectivity index (χ2n) is 14.0. The van der Waals surface area contributed by atoms with Crippen LogP contribution in [0.25, 0.3) is 88.5 Å². The van der Waals surface area contributed by atoms with Gasteiger partial charge in [-0.25, -0.2) is 4.98 Å². The highest BCUT2D eigenvalue weighted by molar-refractivity contribution is 6.89. The zero-order valence-corrected chi connectivity index (χ0v) is 27.6. The topological polar surface area (TPSA) is 27.7 Å². The van der Waals surface area contributed by atoms with Crippen LogP contribution in [0.2, 0.25) is 0 Å². The van der Waals surface area contributed by atoms with Crippen molar-refractivity contribution in [2.75, 3.05) is 0 Å². The summed E-state index contributed by atoms with van der Waals surface area (Å²) in [6.45, 7) is 4.43. The Balaban J connectivity index is 1.34. The molecule has 0 atom stereocenters. The first kappa shape index (κ1) is 26.6. The van der Waals surface area contributed by atoms with E-state index in [1.807, 2.05) is 0 Å². The largest absolute Gasteiger partial charge is 0.359 e. The molecular weight excluding hydrogens is 607 g/mol. The SMILES string of the molecule is Cc1cccc(C)c1-c1nc2c3c4ccccc4n(-c4ccccc4)c3cc3c2n1B1c2c-3cccc2-n2c3ccccc3c3cccc1c32. The lowest BCUT2D eigenvalue weighted by atomic mass is 9.45. The Morgan fingerprint density at radius 1 is 0.540 bits per heavy atom. The zero-order chi connectivity index (χ0) is 32.8. The molecule has 2 aliphatic rings. The van der Waals surface area contributed by atoms with E-state index in [1.165, 1.54) is 93.6 Å². The molecule has 4 nitrogen and oxygen atoms in total. The van der Waals surface area contributed by atoms with Crippen molar-refractivity contribution in [2.24, 2.45) is 0 Å². The van der Waals surface area contributed by atoms with Crippen LogP contribution < -0.4 is 10.9 Å². The van der Waals surface area contributed by atoms with E-state index in [9.17, 15) is 0 Å². The van der Waals surface area contributed by atoms with Gasteiger partial charge in [-0.15, -0.1) is 0 Å². The Morgan fingerprint density at radius 2 is 1.22 bits per heavy atom. The van der Waals surface area contributed by atoms with Crippen LogP contribution in [0.1, 0.15) is 11.1 Å². The van der Waals surface area contributed by atoms with E-state index in [0.29, 0.717) is 0 Å². The minimum absolute atomic E-state index is 0.0341. The van der Waals surface area contributed by atoms with E-state index < -0.39 is 0 Å². The first-order chi connectivity index (χ1) is 24.7. The number of benzene rings is 7. The average molecular weight is 637 g/mol. The molecule has 232 valence electrons. The van der Waals surface area contributed by atoms with Crippen molar-refractivity contribution >= 4 is 72.4 Å². The van der Waals surface area contributed by atoms with Crippen LogP contribution in [-0.2, 0) is 0 Å². The van der Waals surface area contributed by atoms with Gasteiger partial charge in [0.2, 0.25) is 0 Å². The van der Waals surface area contributed by atoms with E-state index in [2.05, 4.69) is 167 Å². The summed E-state index contributed by atoms with van der Waals surface area (Å²) in [6, 6.07) is 51.4. The summed E-state index contributed by atoms with van der Waals surface area (Å²) < 4.78 is 7.56. The smallest absolute Gasteiger partial charge is 0.334 e. The number of fused-ring (bicyclic) bond motifs is 11. The third kappa shape index (κ3) is 3.08. The maximum Gasteiger partial charge on any atom is 0.334 e. The molecule has 10 aromatic rings. The van der Waals surface area contributed by atoms with Gasteiger partial charge in [0.25, 0.3) is 0 Å². The minimum Gasteiger partial charge on any atom is -0.359 e. The van der Waals surface area contributed by atoms with Crippen molar-refractivity contribution in [3.05, 3.63) is 151 Å². The van der Waals surface area contributed by atoms with Crippen molar-refractivity contribution in [3.8, 4) is 33.9 Å². The molecule has 12 rings (SSSR count). The molecule has 0 unspecified atom stereocenters. The van der Waals surface area contributed by atoms with Crippen LogP contribution in [0.5, 0.6) is 0 Å². The molecule has 0 saturated heterocycles. The molecule has 0 N–H and O–H groups in total. The molecule has 0 fully saturated rings. The lowest BCUT2D eigenvalue weighted by Crippen LogP contribution is -2.55. The van der Waals surface area contributed by atoms with E-state index in [1.54, 1.807) is 0 Å². The summed E-state index contributed by atoms with van der Waals surface area (Å²) in [5.41, 5.74) is 18.5. The number of imidazole rings is 1. The van der Waals surface area contributed by atoms with E-state index in [0.717, 1.165) is 17.0 Å². The van der Waals surface area contributed by atoms with Gasteiger partial charge < -0.3 is 13.6 Å². The lowest BCUT2D eigenvalue weighted by molar-refractivity contribution is 1.15. The molecule has 0 amide bonds. The summed E-state index contributed by atoms with van der Waals surface area (Å²) in [6.07, 6.45) is 0. The summed E-state index contributed by atoms with van der Waals surface area (Å²) in [7, 11) is 0. The summed E-state index contributed by atoms with van der Waals surface area (Å²) in [4.78, 5) is 5.80. The molecular formula is C45H29BN4. The van der Waals surface area contributed by atoms with Crippen molar-refractivity contribution < 1.29 is 0 Å². The standard InChI is InChI=1S/C45H29BN4/c1-26-13-10-14-27(2)39(26)45-47-42-40-32-18-7-9-23-36(32)48(28-15-4-3-5-16-28)38(40)25-33-30-19-12-24-37-41(30)46(50(45)44(33)42)34-21-11-20-31-29-17-6-8-22-35(29)49(37)43(31)34/h3-25H,1-2H3. The lowest BCUT2D eigenvalue weighted by Gasteiger charge is -2.34. The summed E-state index contributed by atoms with van der Waals surface area (Å²) in [5, 5.41) is 5.02. The van der Waals surface area contributed by atoms with Gasteiger partial charge in [0.05, 0.1) is 33.1 Å². The number of hydrogen-bond donors (Lipinski definition) is 0. The van der Waals surface area contributed by atoms with Crippen molar-refractivity contribution in [3.63, 3.8) is 0 Å². The van der Waals surface area contributed by atoms with Crippen molar-refractivity contribution in [1.29, 1.82) is 0 Å². The van der Waals surface area contributed by atoms with Gasteiger partial charge in [0.1, 0.15) is 5.82 Å². The first-order valence-electron chi connectivity index (χ1n) is 17.4. The molecule has 0 bridgehead atoms. The highest BCUT2D eigenvalue weighted by Crippen LogP contribution is 2.46. The Labute approximate surface area is 288 Å². The van der Waals surface area contributed by atoms with Crippen molar-refractivity contribution in [2.45, 2.75) is 13.8 Å². The number of nitrogens with zero attached hydrogens (tertiary/aromatic N) is 4. The van der Waals surface area contributed by atoms with E-state index >= 15 is 0 Å². The van der Waals surface area contributed by atoms with E-state index in [-0.39, 0.29) is 6.85 Å². The molecule has 5 heterocycles. The van der Waals surface area contributed by atoms with Crippen LogP contribution in [0.15, 0.2) is 140 Å². The van der Waals surface area contributed by atoms with Gasteiger partial charge in [-0.2, -0.15) is 0 Å². The predicted molar refractivity (Wildman–Crippen MR) is 209 cm³/mol. The number of rotatable bonds is 2. The Kier molecular flexibility index (Phi) is 4.90. The fourth-order valence-electron chi connectivity index (χ4n) is 9.58. The van der Waals surface area contributed by atoms with Crippen LogP contribution in [0.3, 0.4) is 0 Å². The quantitative estimate of drug-likeness (QED) is 0.174. The van der Waals surface area contributed by atoms with E-state index in [4.69, 9.17) is 4.98 Å². The zero-order valence-electron chi connectivity index (χ0n) is 27.6. The van der Waals surface area contributed by atoms with Crippen LogP contribution in [0, 0.1) is 13.8 Å². The van der Waals surface area contributed by atoms with Gasteiger partial charge >= 0.3 is 6.85 Å². The number of para-hydroxylation sites is 4. The molecule has 7 aromatic carbocycles. The molecule has 0 saturated carbocycles. The number of aryl methyl sites for hydroxylation is 2. The Bertz CT molecular complexity index is 3100. The number of aromatic nitrogens is 4. The highest BCUT2D eigenvalue weighted by Gasteiger charge is 2.42. The summed E-state index contributed by atoms with van der Waals surface area (Å²) >= 11 is 0. The van der Waals surface area contributed by atoms with Crippen LogP contribution in [-0.4, -0.2) is 25.4 Å². The van der Waals surface area contributed by atoms with Gasteiger partial charge in [-0.3, -0.25) is 0 Å². The molecule has 50 heavy (non-hydrogen) atoms. The molecule has 0 radical (unpaired) electrons. The first-order valence-corrected chi connectivity index (χ1v) is 17.4. The molecule has 5 heteroatoms. The fourth-order valence-corrected chi connectivity index (χ4v) is 9.58. The predicted octanol–water partition coefficient (Wildman–Crippen LogP) is 9.46. The minimum atomic E-state index is -0.0341. The van der Waals surface area contributed by atoms with Gasteiger partial charge in [0.15, 0.2) is 0 Å². The molecule has 2 aliphatic heterocycles. The van der Waals surface area contributed by atoms with Crippen LogP contribution >= 0.6 is 0 Å².